The van der Waals surface area contributed by atoms with Crippen LogP contribution in [0.3, 0.4) is 0 Å². The molecule has 0 aliphatic heterocycles. The Bertz CT molecular complexity index is 263. The van der Waals surface area contributed by atoms with Crippen molar-refractivity contribution in [2.45, 2.75) is 51.9 Å². The molecule has 0 spiro atoms. The Labute approximate surface area is 161 Å². The average molecular weight is 442 g/mol. The number of rotatable bonds is 14. The summed E-state index contributed by atoms with van der Waals surface area (Å²) in [6, 6.07) is 0. The third-order valence-electron chi connectivity index (χ3n) is 3.51. The van der Waals surface area contributed by atoms with Crippen LogP contribution in [-0.2, 0) is 4.74 Å². The van der Waals surface area contributed by atoms with Gasteiger partial charge in [0.15, 0.2) is 5.96 Å². The van der Waals surface area contributed by atoms with Crippen LogP contribution in [0.25, 0.3) is 0 Å². The second kappa shape index (κ2) is 20.0. The number of hydrogen-bond acceptors (Lipinski definition) is 3. The maximum Gasteiger partial charge on any atom is 0.190 e. The molecule has 6 heteroatoms. The molecule has 0 radical (unpaired) electrons. The largest absolute Gasteiger partial charge is 0.382 e. The van der Waals surface area contributed by atoms with E-state index >= 15 is 0 Å². The minimum atomic E-state index is 0. The lowest BCUT2D eigenvalue weighted by Crippen LogP contribution is -2.38. The van der Waals surface area contributed by atoms with E-state index in [0.717, 1.165) is 45.1 Å². The predicted molar refractivity (Wildman–Crippen MR) is 112 cm³/mol. The van der Waals surface area contributed by atoms with E-state index in [2.05, 4.69) is 34.6 Å². The number of hydrogen-bond donors (Lipinski definition) is 2. The van der Waals surface area contributed by atoms with E-state index in [1.54, 1.807) is 0 Å². The highest BCUT2D eigenvalue weighted by Gasteiger charge is 1.97. The zero-order valence-electron chi connectivity index (χ0n) is 15.7. The van der Waals surface area contributed by atoms with Gasteiger partial charge in [-0.3, -0.25) is 4.99 Å². The number of unbranched alkanes of at least 4 members (excludes halogenated alkanes) is 5. The van der Waals surface area contributed by atoms with Crippen molar-refractivity contribution in [1.82, 2.24) is 15.5 Å². The van der Waals surface area contributed by atoms with E-state index in [9.17, 15) is 0 Å². The number of halogens is 1. The summed E-state index contributed by atoms with van der Waals surface area (Å²) in [5, 5.41) is 6.73. The van der Waals surface area contributed by atoms with Crippen molar-refractivity contribution in [2.24, 2.45) is 4.99 Å². The zero-order chi connectivity index (χ0) is 16.5. The lowest BCUT2D eigenvalue weighted by molar-refractivity contribution is 0.143. The van der Waals surface area contributed by atoms with E-state index in [1.807, 2.05) is 14.0 Å². The highest BCUT2D eigenvalue weighted by Crippen LogP contribution is 2.02. The molecule has 0 saturated carbocycles. The Morgan fingerprint density at radius 2 is 1.48 bits per heavy atom. The molecule has 2 N–H and O–H groups in total. The fourth-order valence-corrected chi connectivity index (χ4v) is 2.19. The normalized spacial score (nSPS) is 11.4. The summed E-state index contributed by atoms with van der Waals surface area (Å²) in [5.41, 5.74) is 0. The Hall–Kier alpha value is -0.0800. The molecule has 0 amide bonds. The van der Waals surface area contributed by atoms with Gasteiger partial charge in [0.25, 0.3) is 0 Å². The van der Waals surface area contributed by atoms with Crippen LogP contribution >= 0.6 is 24.0 Å². The van der Waals surface area contributed by atoms with Gasteiger partial charge in [-0.15, -0.1) is 24.0 Å². The molecule has 0 heterocycles. The van der Waals surface area contributed by atoms with E-state index in [0.29, 0.717) is 0 Å². The van der Waals surface area contributed by atoms with Gasteiger partial charge < -0.3 is 20.3 Å². The first-order valence-corrected chi connectivity index (χ1v) is 8.87. The molecule has 0 aliphatic rings. The monoisotopic (exact) mass is 442 g/mol. The smallest absolute Gasteiger partial charge is 0.190 e. The van der Waals surface area contributed by atoms with Crippen molar-refractivity contribution in [3.05, 3.63) is 0 Å². The summed E-state index contributed by atoms with van der Waals surface area (Å²) in [5.74, 6) is 0.920. The van der Waals surface area contributed by atoms with Crippen molar-refractivity contribution in [2.75, 3.05) is 54.0 Å². The second-order valence-electron chi connectivity index (χ2n) is 5.90. The SMILES string of the molecule is CCOCCCCNC(=NC)NCCCCCCCN(C)C.I. The van der Waals surface area contributed by atoms with Crippen LogP contribution < -0.4 is 10.6 Å². The van der Waals surface area contributed by atoms with Crippen LogP contribution in [0, 0.1) is 0 Å². The van der Waals surface area contributed by atoms with Gasteiger partial charge in [0.2, 0.25) is 0 Å². The molecule has 0 fully saturated rings. The van der Waals surface area contributed by atoms with Crippen molar-refractivity contribution < 1.29 is 4.74 Å². The van der Waals surface area contributed by atoms with Gasteiger partial charge in [-0.25, -0.2) is 0 Å². The Balaban J connectivity index is 0. The third-order valence-corrected chi connectivity index (χ3v) is 3.51. The number of aliphatic imine (C=N–C) groups is 1. The predicted octanol–water partition coefficient (Wildman–Crippen LogP) is 3.10. The Morgan fingerprint density at radius 3 is 2.04 bits per heavy atom. The highest BCUT2D eigenvalue weighted by molar-refractivity contribution is 14.0. The van der Waals surface area contributed by atoms with Crippen LogP contribution in [0.15, 0.2) is 4.99 Å². The zero-order valence-corrected chi connectivity index (χ0v) is 18.0. The quantitative estimate of drug-likeness (QED) is 0.188. The molecule has 0 aromatic heterocycles. The number of guanidine groups is 1. The summed E-state index contributed by atoms with van der Waals surface area (Å²) in [7, 11) is 6.11. The summed E-state index contributed by atoms with van der Waals surface area (Å²) in [6.45, 7) is 6.87. The summed E-state index contributed by atoms with van der Waals surface area (Å²) < 4.78 is 5.32. The average Bonchev–Trinajstić information content (AvgIpc) is 2.50. The molecule has 140 valence electrons. The van der Waals surface area contributed by atoms with Crippen molar-refractivity contribution in [3.63, 3.8) is 0 Å². The third kappa shape index (κ3) is 19.9. The lowest BCUT2D eigenvalue weighted by Gasteiger charge is -2.12. The van der Waals surface area contributed by atoms with Gasteiger partial charge in [0.1, 0.15) is 0 Å². The van der Waals surface area contributed by atoms with E-state index in [1.165, 1.54) is 38.6 Å². The first-order valence-electron chi connectivity index (χ1n) is 8.87. The molecular formula is C17H39IN4O. The fourth-order valence-electron chi connectivity index (χ4n) is 2.19. The second-order valence-corrected chi connectivity index (χ2v) is 5.90. The maximum atomic E-state index is 5.32. The van der Waals surface area contributed by atoms with Crippen molar-refractivity contribution >= 4 is 29.9 Å². The molecule has 0 saturated heterocycles. The molecule has 23 heavy (non-hydrogen) atoms. The summed E-state index contributed by atoms with van der Waals surface area (Å²) in [6.07, 6.45) is 8.71. The molecule has 5 nitrogen and oxygen atoms in total. The van der Waals surface area contributed by atoms with Crippen LogP contribution in [0.5, 0.6) is 0 Å². The van der Waals surface area contributed by atoms with Gasteiger partial charge in [-0.05, 0) is 53.2 Å². The van der Waals surface area contributed by atoms with Gasteiger partial charge in [-0.2, -0.15) is 0 Å². The minimum Gasteiger partial charge on any atom is -0.382 e. The molecule has 0 aromatic rings. The Morgan fingerprint density at radius 1 is 0.913 bits per heavy atom. The first kappa shape index (κ1) is 25.2. The van der Waals surface area contributed by atoms with E-state index in [-0.39, 0.29) is 24.0 Å². The number of nitrogens with one attached hydrogen (secondary N) is 2. The van der Waals surface area contributed by atoms with E-state index < -0.39 is 0 Å². The molecule has 0 rings (SSSR count). The minimum absolute atomic E-state index is 0. The summed E-state index contributed by atoms with van der Waals surface area (Å²) in [4.78, 5) is 6.50. The molecule has 0 unspecified atom stereocenters. The standard InChI is InChI=1S/C17H38N4O.HI/c1-5-22-16-12-10-14-20-17(18-2)19-13-9-7-6-8-11-15-21(3)4;/h5-16H2,1-4H3,(H2,18,19,20);1H. The number of ether oxygens (including phenoxy) is 1. The van der Waals surface area contributed by atoms with Crippen molar-refractivity contribution in [3.8, 4) is 0 Å². The first-order chi connectivity index (χ1) is 10.7. The van der Waals surface area contributed by atoms with E-state index in [4.69, 9.17) is 4.74 Å². The highest BCUT2D eigenvalue weighted by atomic mass is 127. The maximum absolute atomic E-state index is 5.32. The molecule has 0 atom stereocenters. The fraction of sp³-hybridized carbons (Fsp3) is 0.941. The molecule has 0 bridgehead atoms. The molecule has 0 aromatic carbocycles. The van der Waals surface area contributed by atoms with Crippen LogP contribution in [0.1, 0.15) is 51.9 Å². The topological polar surface area (TPSA) is 48.9 Å². The van der Waals surface area contributed by atoms with Gasteiger partial charge in [-0.1, -0.05) is 19.3 Å². The summed E-state index contributed by atoms with van der Waals surface area (Å²) >= 11 is 0. The molecule has 0 aliphatic carbocycles. The number of nitrogens with zero attached hydrogens (tertiary/aromatic N) is 2. The lowest BCUT2D eigenvalue weighted by atomic mass is 10.1. The van der Waals surface area contributed by atoms with Crippen LogP contribution in [0.4, 0.5) is 0 Å². The van der Waals surface area contributed by atoms with Crippen LogP contribution in [-0.4, -0.2) is 64.9 Å². The van der Waals surface area contributed by atoms with Gasteiger partial charge >= 0.3 is 0 Å². The Kier molecular flexibility index (Phi) is 21.8. The van der Waals surface area contributed by atoms with Gasteiger partial charge in [0, 0.05) is 33.4 Å². The van der Waals surface area contributed by atoms with Crippen molar-refractivity contribution in [1.29, 1.82) is 0 Å². The molecular weight excluding hydrogens is 403 g/mol. The van der Waals surface area contributed by atoms with Gasteiger partial charge in [0.05, 0.1) is 0 Å². The van der Waals surface area contributed by atoms with Crippen LogP contribution in [0.2, 0.25) is 0 Å².